The van der Waals surface area contributed by atoms with E-state index < -0.39 is 30.8 Å². The number of aryl methyl sites for hydroxylation is 1. The standard InChI is InChI=1S/C14H17F3N2O/c1-8-5-10(3-4-11(8)15)9(2)19-13(20)12-6-14(16,17)7-18-12/h3-5,9,12,18H,6-7H2,1-2H3,(H,19,20). The zero-order valence-corrected chi connectivity index (χ0v) is 11.3. The average molecular weight is 286 g/mol. The number of hydrogen-bond acceptors (Lipinski definition) is 2. The van der Waals surface area contributed by atoms with Crippen molar-refractivity contribution in [1.82, 2.24) is 10.6 Å². The zero-order chi connectivity index (χ0) is 14.9. The summed E-state index contributed by atoms with van der Waals surface area (Å²) in [6.45, 7) is 2.89. The van der Waals surface area contributed by atoms with Crippen LogP contribution in [-0.2, 0) is 4.79 Å². The molecule has 0 spiro atoms. The van der Waals surface area contributed by atoms with Crippen molar-refractivity contribution >= 4 is 5.91 Å². The minimum Gasteiger partial charge on any atom is -0.348 e. The number of carbonyl (C=O) groups is 1. The highest BCUT2D eigenvalue weighted by Gasteiger charge is 2.42. The van der Waals surface area contributed by atoms with Gasteiger partial charge in [0, 0.05) is 6.42 Å². The molecule has 1 aliphatic heterocycles. The molecule has 2 rings (SSSR count). The van der Waals surface area contributed by atoms with E-state index >= 15 is 0 Å². The van der Waals surface area contributed by atoms with E-state index in [0.717, 1.165) is 5.56 Å². The quantitative estimate of drug-likeness (QED) is 0.895. The summed E-state index contributed by atoms with van der Waals surface area (Å²) in [5.41, 5.74) is 1.22. The maximum atomic E-state index is 13.2. The number of amides is 1. The van der Waals surface area contributed by atoms with Crippen LogP contribution in [0.1, 0.15) is 30.5 Å². The Kier molecular flexibility index (Phi) is 4.04. The topological polar surface area (TPSA) is 41.1 Å². The highest BCUT2D eigenvalue weighted by Crippen LogP contribution is 2.25. The van der Waals surface area contributed by atoms with E-state index in [1.807, 2.05) is 0 Å². The molecule has 110 valence electrons. The van der Waals surface area contributed by atoms with Gasteiger partial charge in [0.25, 0.3) is 5.92 Å². The lowest BCUT2D eigenvalue weighted by atomic mass is 10.0. The molecule has 0 bridgehead atoms. The Morgan fingerprint density at radius 2 is 2.20 bits per heavy atom. The van der Waals surface area contributed by atoms with Crippen LogP contribution in [0.4, 0.5) is 13.2 Å². The minimum absolute atomic E-state index is 0.315. The summed E-state index contributed by atoms with van der Waals surface area (Å²) in [5, 5.41) is 5.17. The Morgan fingerprint density at radius 3 is 2.75 bits per heavy atom. The fourth-order valence-corrected chi connectivity index (χ4v) is 2.24. The molecule has 1 fully saturated rings. The Hall–Kier alpha value is -1.56. The number of alkyl halides is 2. The Morgan fingerprint density at radius 1 is 1.50 bits per heavy atom. The van der Waals surface area contributed by atoms with Gasteiger partial charge in [-0.25, -0.2) is 13.2 Å². The van der Waals surface area contributed by atoms with Gasteiger partial charge in [-0.3, -0.25) is 10.1 Å². The fourth-order valence-electron chi connectivity index (χ4n) is 2.24. The Bertz CT molecular complexity index is 519. The summed E-state index contributed by atoms with van der Waals surface area (Å²) in [5.74, 6) is -3.61. The van der Waals surface area contributed by atoms with Crippen molar-refractivity contribution in [2.75, 3.05) is 6.54 Å². The molecule has 1 heterocycles. The van der Waals surface area contributed by atoms with Crippen LogP contribution in [0.15, 0.2) is 18.2 Å². The van der Waals surface area contributed by atoms with E-state index in [0.29, 0.717) is 5.56 Å². The van der Waals surface area contributed by atoms with Crippen molar-refractivity contribution in [3.05, 3.63) is 35.1 Å². The van der Waals surface area contributed by atoms with Crippen molar-refractivity contribution < 1.29 is 18.0 Å². The smallest absolute Gasteiger partial charge is 0.262 e. The van der Waals surface area contributed by atoms with Crippen molar-refractivity contribution in [3.63, 3.8) is 0 Å². The number of nitrogens with one attached hydrogen (secondary N) is 2. The van der Waals surface area contributed by atoms with E-state index in [1.165, 1.54) is 6.07 Å². The Balaban J connectivity index is 1.99. The summed E-state index contributed by atoms with van der Waals surface area (Å²) in [7, 11) is 0. The molecule has 20 heavy (non-hydrogen) atoms. The predicted molar refractivity (Wildman–Crippen MR) is 69.0 cm³/mol. The van der Waals surface area contributed by atoms with Gasteiger partial charge in [-0.15, -0.1) is 0 Å². The molecule has 1 aromatic carbocycles. The monoisotopic (exact) mass is 286 g/mol. The minimum atomic E-state index is -2.84. The first-order valence-corrected chi connectivity index (χ1v) is 6.46. The average Bonchev–Trinajstić information content (AvgIpc) is 2.73. The lowest BCUT2D eigenvalue weighted by molar-refractivity contribution is -0.124. The molecule has 0 aromatic heterocycles. The molecule has 0 saturated carbocycles. The third kappa shape index (κ3) is 3.30. The molecule has 1 aromatic rings. The molecule has 3 nitrogen and oxygen atoms in total. The molecule has 2 unspecified atom stereocenters. The number of hydrogen-bond donors (Lipinski definition) is 2. The van der Waals surface area contributed by atoms with Crippen LogP contribution < -0.4 is 10.6 Å². The maximum Gasteiger partial charge on any atom is 0.262 e. The SMILES string of the molecule is Cc1cc(C(C)NC(=O)C2CC(F)(F)CN2)ccc1F. The molecule has 0 aliphatic carbocycles. The van der Waals surface area contributed by atoms with E-state index in [2.05, 4.69) is 10.6 Å². The highest BCUT2D eigenvalue weighted by atomic mass is 19.3. The molecule has 2 atom stereocenters. The molecule has 0 radical (unpaired) electrons. The van der Waals surface area contributed by atoms with Gasteiger partial charge in [0.05, 0.1) is 18.6 Å². The van der Waals surface area contributed by atoms with Crippen LogP contribution in [0.5, 0.6) is 0 Å². The van der Waals surface area contributed by atoms with Gasteiger partial charge in [-0.05, 0) is 31.0 Å². The number of rotatable bonds is 3. The van der Waals surface area contributed by atoms with Crippen LogP contribution in [0.3, 0.4) is 0 Å². The largest absolute Gasteiger partial charge is 0.348 e. The number of halogens is 3. The van der Waals surface area contributed by atoms with E-state index in [9.17, 15) is 18.0 Å². The lowest BCUT2D eigenvalue weighted by Gasteiger charge is -2.18. The zero-order valence-electron chi connectivity index (χ0n) is 11.3. The fraction of sp³-hybridized carbons (Fsp3) is 0.500. The van der Waals surface area contributed by atoms with Gasteiger partial charge in [-0.2, -0.15) is 0 Å². The van der Waals surface area contributed by atoms with Crippen LogP contribution in [0.25, 0.3) is 0 Å². The van der Waals surface area contributed by atoms with Crippen LogP contribution in [0.2, 0.25) is 0 Å². The summed E-state index contributed by atoms with van der Waals surface area (Å²) >= 11 is 0. The molecular weight excluding hydrogens is 269 g/mol. The van der Waals surface area contributed by atoms with Gasteiger partial charge >= 0.3 is 0 Å². The number of carbonyl (C=O) groups excluding carboxylic acids is 1. The van der Waals surface area contributed by atoms with E-state index in [-0.39, 0.29) is 11.9 Å². The van der Waals surface area contributed by atoms with Gasteiger partial charge in [-0.1, -0.05) is 12.1 Å². The van der Waals surface area contributed by atoms with Crippen LogP contribution >= 0.6 is 0 Å². The van der Waals surface area contributed by atoms with Gasteiger partial charge in [0.15, 0.2) is 0 Å². The van der Waals surface area contributed by atoms with Gasteiger partial charge in [0.1, 0.15) is 5.82 Å². The van der Waals surface area contributed by atoms with E-state index in [1.54, 1.807) is 26.0 Å². The second kappa shape index (κ2) is 5.44. The maximum absolute atomic E-state index is 13.2. The third-order valence-electron chi connectivity index (χ3n) is 3.47. The molecule has 1 aliphatic rings. The number of benzene rings is 1. The highest BCUT2D eigenvalue weighted by molar-refractivity contribution is 5.82. The van der Waals surface area contributed by atoms with Crippen molar-refractivity contribution in [2.45, 2.75) is 38.3 Å². The molecule has 2 N–H and O–H groups in total. The summed E-state index contributed by atoms with van der Waals surface area (Å²) in [6.07, 6.45) is -0.492. The van der Waals surface area contributed by atoms with Gasteiger partial charge in [0.2, 0.25) is 5.91 Å². The second-order valence-electron chi connectivity index (χ2n) is 5.23. The summed E-state index contributed by atoms with van der Waals surface area (Å²) in [4.78, 5) is 11.9. The Labute approximate surface area is 115 Å². The van der Waals surface area contributed by atoms with Crippen LogP contribution in [-0.4, -0.2) is 24.4 Å². The van der Waals surface area contributed by atoms with Crippen molar-refractivity contribution in [1.29, 1.82) is 0 Å². The van der Waals surface area contributed by atoms with E-state index in [4.69, 9.17) is 0 Å². The molecular formula is C14H17F3N2O. The van der Waals surface area contributed by atoms with Crippen molar-refractivity contribution in [2.24, 2.45) is 0 Å². The second-order valence-corrected chi connectivity index (χ2v) is 5.23. The molecule has 1 amide bonds. The predicted octanol–water partition coefficient (Wildman–Crippen LogP) is 2.31. The first-order chi connectivity index (χ1) is 9.28. The first-order valence-electron chi connectivity index (χ1n) is 6.46. The molecule has 1 saturated heterocycles. The third-order valence-corrected chi connectivity index (χ3v) is 3.47. The van der Waals surface area contributed by atoms with Crippen LogP contribution in [0, 0.1) is 12.7 Å². The van der Waals surface area contributed by atoms with Crippen molar-refractivity contribution in [3.8, 4) is 0 Å². The lowest BCUT2D eigenvalue weighted by Crippen LogP contribution is -2.41. The molecule has 6 heteroatoms. The normalized spacial score (nSPS) is 22.6. The summed E-state index contributed by atoms with van der Waals surface area (Å²) in [6, 6.07) is 3.29. The summed E-state index contributed by atoms with van der Waals surface area (Å²) < 4.78 is 39.2. The van der Waals surface area contributed by atoms with Gasteiger partial charge < -0.3 is 5.32 Å². The first kappa shape index (κ1) is 14.8.